The third kappa shape index (κ3) is 3.78. The van der Waals surface area contributed by atoms with Gasteiger partial charge in [0.1, 0.15) is 0 Å². The molecule has 0 saturated carbocycles. The quantitative estimate of drug-likeness (QED) is 0.881. The standard InChI is InChI=1S/C17H24ClNO2/c1-2-17(13-16(20)21,14-8-7-9-15(18)12-14)19-10-5-3-4-6-11-19/h7-9,12H,2-6,10-11,13H2,1H3,(H,20,21). The maximum absolute atomic E-state index is 11.5. The summed E-state index contributed by atoms with van der Waals surface area (Å²) in [7, 11) is 0. The van der Waals surface area contributed by atoms with Crippen LogP contribution in [0.4, 0.5) is 0 Å². The Hall–Kier alpha value is -1.06. The molecule has 1 unspecified atom stereocenters. The summed E-state index contributed by atoms with van der Waals surface area (Å²) < 4.78 is 0. The van der Waals surface area contributed by atoms with Crippen molar-refractivity contribution in [1.29, 1.82) is 0 Å². The molecule has 1 aromatic rings. The number of hydrogen-bond acceptors (Lipinski definition) is 2. The maximum Gasteiger partial charge on any atom is 0.305 e. The molecule has 1 aliphatic rings. The average Bonchev–Trinajstić information content (AvgIpc) is 2.74. The summed E-state index contributed by atoms with van der Waals surface area (Å²) >= 11 is 6.15. The van der Waals surface area contributed by atoms with Gasteiger partial charge in [-0.2, -0.15) is 0 Å². The van der Waals surface area contributed by atoms with Crippen LogP contribution in [-0.4, -0.2) is 29.1 Å². The number of rotatable bonds is 5. The zero-order valence-corrected chi connectivity index (χ0v) is 13.4. The van der Waals surface area contributed by atoms with Crippen LogP contribution in [0.2, 0.25) is 5.02 Å². The summed E-state index contributed by atoms with van der Waals surface area (Å²) in [5.74, 6) is -0.749. The van der Waals surface area contributed by atoms with Crippen molar-refractivity contribution in [2.45, 2.75) is 51.0 Å². The molecule has 0 bridgehead atoms. The van der Waals surface area contributed by atoms with Gasteiger partial charge < -0.3 is 5.11 Å². The molecule has 116 valence electrons. The minimum Gasteiger partial charge on any atom is -0.481 e. The molecule has 1 N–H and O–H groups in total. The van der Waals surface area contributed by atoms with E-state index in [9.17, 15) is 9.90 Å². The third-order valence-corrected chi connectivity index (χ3v) is 4.84. The molecule has 0 aromatic heterocycles. The van der Waals surface area contributed by atoms with Crippen LogP contribution in [0.3, 0.4) is 0 Å². The molecular formula is C17H24ClNO2. The predicted molar refractivity (Wildman–Crippen MR) is 85.7 cm³/mol. The fourth-order valence-corrected chi connectivity index (χ4v) is 3.67. The zero-order chi connectivity index (χ0) is 15.3. The molecule has 3 nitrogen and oxygen atoms in total. The molecule has 1 fully saturated rings. The summed E-state index contributed by atoms with van der Waals surface area (Å²) in [5, 5.41) is 10.1. The van der Waals surface area contributed by atoms with Gasteiger partial charge in [-0.3, -0.25) is 9.69 Å². The van der Waals surface area contributed by atoms with E-state index in [1.807, 2.05) is 24.3 Å². The van der Waals surface area contributed by atoms with Crippen molar-refractivity contribution in [2.24, 2.45) is 0 Å². The van der Waals surface area contributed by atoms with Crippen molar-refractivity contribution in [3.63, 3.8) is 0 Å². The van der Waals surface area contributed by atoms with Crippen molar-refractivity contribution in [2.75, 3.05) is 13.1 Å². The highest BCUT2D eigenvalue weighted by atomic mass is 35.5. The van der Waals surface area contributed by atoms with Crippen LogP contribution >= 0.6 is 11.6 Å². The van der Waals surface area contributed by atoms with Crippen LogP contribution in [-0.2, 0) is 10.3 Å². The van der Waals surface area contributed by atoms with E-state index in [4.69, 9.17) is 11.6 Å². The van der Waals surface area contributed by atoms with E-state index in [1.165, 1.54) is 12.8 Å². The van der Waals surface area contributed by atoms with E-state index >= 15 is 0 Å². The van der Waals surface area contributed by atoms with Gasteiger partial charge in [-0.1, -0.05) is 43.5 Å². The Balaban J connectivity index is 2.43. The predicted octanol–water partition coefficient (Wildman–Crippen LogP) is 4.30. The van der Waals surface area contributed by atoms with Crippen LogP contribution in [0.15, 0.2) is 24.3 Å². The van der Waals surface area contributed by atoms with Gasteiger partial charge in [-0.15, -0.1) is 0 Å². The lowest BCUT2D eigenvalue weighted by atomic mass is 9.82. The minimum absolute atomic E-state index is 0.129. The minimum atomic E-state index is -0.749. The first-order valence-electron chi connectivity index (χ1n) is 7.81. The first kappa shape index (κ1) is 16.3. The van der Waals surface area contributed by atoms with Crippen LogP contribution in [0.5, 0.6) is 0 Å². The second kappa shape index (κ2) is 7.28. The molecule has 1 saturated heterocycles. The van der Waals surface area contributed by atoms with Gasteiger partial charge in [-0.25, -0.2) is 0 Å². The van der Waals surface area contributed by atoms with E-state index in [-0.39, 0.29) is 6.42 Å². The van der Waals surface area contributed by atoms with Gasteiger partial charge in [-0.05, 0) is 50.0 Å². The number of halogens is 1. The van der Waals surface area contributed by atoms with E-state index in [1.54, 1.807) is 0 Å². The zero-order valence-electron chi connectivity index (χ0n) is 12.6. The second-order valence-electron chi connectivity index (χ2n) is 5.87. The summed E-state index contributed by atoms with van der Waals surface area (Å²) in [5.41, 5.74) is 0.586. The molecule has 0 aliphatic carbocycles. The van der Waals surface area contributed by atoms with E-state index < -0.39 is 11.5 Å². The van der Waals surface area contributed by atoms with E-state index in [2.05, 4.69) is 11.8 Å². The number of carboxylic acid groups (broad SMARTS) is 1. The Kier molecular flexibility index (Phi) is 5.65. The smallest absolute Gasteiger partial charge is 0.305 e. The van der Waals surface area contributed by atoms with Crippen LogP contribution in [0.25, 0.3) is 0 Å². The topological polar surface area (TPSA) is 40.5 Å². The summed E-state index contributed by atoms with van der Waals surface area (Å²) in [6.45, 7) is 4.01. The molecule has 1 aliphatic heterocycles. The van der Waals surface area contributed by atoms with Crippen molar-refractivity contribution < 1.29 is 9.90 Å². The molecule has 2 rings (SSSR count). The maximum atomic E-state index is 11.5. The fourth-order valence-electron chi connectivity index (χ4n) is 3.48. The van der Waals surface area contributed by atoms with Crippen LogP contribution < -0.4 is 0 Å². The number of hydrogen-bond donors (Lipinski definition) is 1. The molecular weight excluding hydrogens is 286 g/mol. The van der Waals surface area contributed by atoms with Gasteiger partial charge in [0.05, 0.1) is 12.0 Å². The molecule has 0 radical (unpaired) electrons. The van der Waals surface area contributed by atoms with Crippen molar-refractivity contribution >= 4 is 17.6 Å². The summed E-state index contributed by atoms with van der Waals surface area (Å²) in [6, 6.07) is 7.71. The molecule has 1 heterocycles. The Morgan fingerprint density at radius 1 is 1.29 bits per heavy atom. The molecule has 1 aromatic carbocycles. The summed E-state index contributed by atoms with van der Waals surface area (Å²) in [4.78, 5) is 13.9. The lowest BCUT2D eigenvalue weighted by Crippen LogP contribution is -2.47. The van der Waals surface area contributed by atoms with Gasteiger partial charge >= 0.3 is 5.97 Å². The number of carbonyl (C=O) groups is 1. The molecule has 1 atom stereocenters. The fraction of sp³-hybridized carbons (Fsp3) is 0.588. The number of benzene rings is 1. The van der Waals surface area contributed by atoms with E-state index in [0.29, 0.717) is 5.02 Å². The Bertz CT molecular complexity index is 483. The molecule has 21 heavy (non-hydrogen) atoms. The lowest BCUT2D eigenvalue weighted by Gasteiger charge is -2.43. The number of likely N-dealkylation sites (tertiary alicyclic amines) is 1. The highest BCUT2D eigenvalue weighted by molar-refractivity contribution is 6.30. The Morgan fingerprint density at radius 3 is 2.48 bits per heavy atom. The van der Waals surface area contributed by atoms with E-state index in [0.717, 1.165) is 37.9 Å². The third-order valence-electron chi connectivity index (χ3n) is 4.60. The van der Waals surface area contributed by atoms with Gasteiger partial charge in [0, 0.05) is 5.02 Å². The summed E-state index contributed by atoms with van der Waals surface area (Å²) in [6.07, 6.45) is 5.66. The monoisotopic (exact) mass is 309 g/mol. The van der Waals surface area contributed by atoms with Gasteiger partial charge in [0.25, 0.3) is 0 Å². The lowest BCUT2D eigenvalue weighted by molar-refractivity contribution is -0.141. The van der Waals surface area contributed by atoms with Crippen molar-refractivity contribution in [3.8, 4) is 0 Å². The normalized spacial score (nSPS) is 19.7. The largest absolute Gasteiger partial charge is 0.481 e. The first-order valence-corrected chi connectivity index (χ1v) is 8.19. The molecule has 4 heteroatoms. The SMILES string of the molecule is CCC(CC(=O)O)(c1cccc(Cl)c1)N1CCCCCC1. The van der Waals surface area contributed by atoms with Crippen molar-refractivity contribution in [3.05, 3.63) is 34.9 Å². The van der Waals surface area contributed by atoms with Crippen LogP contribution in [0, 0.1) is 0 Å². The number of nitrogens with zero attached hydrogens (tertiary/aromatic N) is 1. The first-order chi connectivity index (χ1) is 10.1. The number of aliphatic carboxylic acids is 1. The van der Waals surface area contributed by atoms with Crippen LogP contribution in [0.1, 0.15) is 51.0 Å². The number of carboxylic acids is 1. The highest BCUT2D eigenvalue weighted by Crippen LogP contribution is 2.38. The van der Waals surface area contributed by atoms with Crippen molar-refractivity contribution in [1.82, 2.24) is 4.90 Å². The average molecular weight is 310 g/mol. The van der Waals surface area contributed by atoms with Gasteiger partial charge in [0.15, 0.2) is 0 Å². The second-order valence-corrected chi connectivity index (χ2v) is 6.30. The molecule has 0 amide bonds. The molecule has 0 spiro atoms. The Labute approximate surface area is 131 Å². The highest BCUT2D eigenvalue weighted by Gasteiger charge is 2.39. The van der Waals surface area contributed by atoms with Gasteiger partial charge in [0.2, 0.25) is 0 Å². The Morgan fingerprint density at radius 2 is 1.95 bits per heavy atom.